The Bertz CT molecular complexity index is 1250. The van der Waals surface area contributed by atoms with Gasteiger partial charge in [0.2, 0.25) is 0 Å². The number of carbonyl (C=O) groups is 4. The van der Waals surface area contributed by atoms with Gasteiger partial charge >= 0.3 is 18.0 Å². The molecule has 3 heterocycles. The molecule has 10 unspecified atom stereocenters. The first-order valence-electron chi connectivity index (χ1n) is 17.0. The van der Waals surface area contributed by atoms with E-state index in [1.807, 2.05) is 39.0 Å². The molecule has 1 amide bonds. The number of nitrogens with zero attached hydrogens (tertiary/aromatic N) is 2. The van der Waals surface area contributed by atoms with Gasteiger partial charge in [0.25, 0.3) is 0 Å². The summed E-state index contributed by atoms with van der Waals surface area (Å²) in [4.78, 5) is 55.9. The van der Waals surface area contributed by atoms with Gasteiger partial charge in [-0.15, -0.1) is 0 Å². The molecule has 0 spiro atoms. The standard InChI is InChI=1S/C36H54N2O10/c1-9-28(44-8)25(5)33-34(47-33)32(48-35(42)38-19-11-18-37-21-38)23(3)13-10-12-22(2)31-24(4)14-15-29(45-26(6)39)36(7,43)17-16-27(40)20-30(41)46-31/h10,12-15,21,23-25,28-29,31-34,43H,9,11,16-20H2,1-8H3/b13-10+,15-14+,22-12+. The highest BCUT2D eigenvalue weighted by molar-refractivity contribution is 5.95. The average Bonchev–Trinajstić information content (AvgIpc) is 3.84. The summed E-state index contributed by atoms with van der Waals surface area (Å²) in [5.74, 6) is -2.15. The van der Waals surface area contributed by atoms with E-state index < -0.39 is 54.3 Å². The van der Waals surface area contributed by atoms with Crippen LogP contribution in [0.2, 0.25) is 0 Å². The van der Waals surface area contributed by atoms with Crippen molar-refractivity contribution >= 4 is 30.2 Å². The number of amides is 1. The Labute approximate surface area is 284 Å². The second-order valence-corrected chi connectivity index (χ2v) is 13.4. The van der Waals surface area contributed by atoms with E-state index in [2.05, 4.69) is 18.8 Å². The Morgan fingerprint density at radius 1 is 1.21 bits per heavy atom. The molecule has 0 saturated carbocycles. The van der Waals surface area contributed by atoms with Gasteiger partial charge in [-0.05, 0) is 44.8 Å². The molecule has 12 heteroatoms. The molecule has 268 valence electrons. The van der Waals surface area contributed by atoms with Crippen LogP contribution in [0.4, 0.5) is 4.79 Å². The molecule has 0 aliphatic carbocycles. The molecule has 3 aliphatic rings. The second-order valence-electron chi connectivity index (χ2n) is 13.4. The van der Waals surface area contributed by atoms with Crippen LogP contribution >= 0.6 is 0 Å². The van der Waals surface area contributed by atoms with E-state index in [1.54, 1.807) is 19.3 Å². The van der Waals surface area contributed by atoms with E-state index in [4.69, 9.17) is 23.7 Å². The summed E-state index contributed by atoms with van der Waals surface area (Å²) >= 11 is 0. The van der Waals surface area contributed by atoms with Crippen molar-refractivity contribution in [1.82, 2.24) is 4.90 Å². The van der Waals surface area contributed by atoms with Crippen LogP contribution in [0, 0.1) is 17.8 Å². The summed E-state index contributed by atoms with van der Waals surface area (Å²) in [5, 5.41) is 11.0. The predicted octanol–water partition coefficient (Wildman–Crippen LogP) is 4.73. The smallest absolute Gasteiger partial charge is 0.415 e. The number of allylic oxidation sites excluding steroid dienone is 2. The van der Waals surface area contributed by atoms with Gasteiger partial charge in [0, 0.05) is 51.3 Å². The largest absolute Gasteiger partial charge is 0.457 e. The topological polar surface area (TPSA) is 154 Å². The third-order valence-electron chi connectivity index (χ3n) is 9.30. The second kappa shape index (κ2) is 17.9. The minimum absolute atomic E-state index is 0.0115. The minimum atomic E-state index is -1.51. The minimum Gasteiger partial charge on any atom is -0.457 e. The molecule has 10 atom stereocenters. The molecule has 0 aromatic heterocycles. The first kappa shape index (κ1) is 39.1. The lowest BCUT2D eigenvalue weighted by molar-refractivity contribution is -0.156. The Morgan fingerprint density at radius 3 is 2.56 bits per heavy atom. The van der Waals surface area contributed by atoms with Crippen LogP contribution in [0.3, 0.4) is 0 Å². The van der Waals surface area contributed by atoms with Gasteiger partial charge in [-0.3, -0.25) is 24.3 Å². The van der Waals surface area contributed by atoms with Gasteiger partial charge < -0.3 is 28.8 Å². The Kier molecular flexibility index (Phi) is 14.6. The summed E-state index contributed by atoms with van der Waals surface area (Å²) in [5.41, 5.74) is -0.813. The number of methoxy groups -OCH3 is 1. The summed E-state index contributed by atoms with van der Waals surface area (Å²) < 4.78 is 29.0. The Hall–Kier alpha value is -3.35. The lowest BCUT2D eigenvalue weighted by Crippen LogP contribution is -2.42. The van der Waals surface area contributed by atoms with Crippen molar-refractivity contribution in [2.45, 2.75) is 123 Å². The molecule has 0 aromatic rings. The molecule has 1 N–H and O–H groups in total. The van der Waals surface area contributed by atoms with E-state index in [1.165, 1.54) is 25.1 Å². The summed E-state index contributed by atoms with van der Waals surface area (Å²) in [7, 11) is 1.69. The monoisotopic (exact) mass is 674 g/mol. The van der Waals surface area contributed by atoms with Crippen LogP contribution < -0.4 is 0 Å². The van der Waals surface area contributed by atoms with Gasteiger partial charge in [0.15, 0.2) is 0 Å². The first-order valence-corrected chi connectivity index (χ1v) is 17.0. The molecule has 1 fully saturated rings. The number of esters is 2. The van der Waals surface area contributed by atoms with E-state index >= 15 is 0 Å². The third-order valence-corrected chi connectivity index (χ3v) is 9.30. The van der Waals surface area contributed by atoms with E-state index in [0.717, 1.165) is 12.8 Å². The molecule has 12 nitrogen and oxygen atoms in total. The van der Waals surface area contributed by atoms with Gasteiger partial charge in [0.05, 0.1) is 18.5 Å². The van der Waals surface area contributed by atoms with Crippen molar-refractivity contribution in [2.75, 3.05) is 20.2 Å². The predicted molar refractivity (Wildman–Crippen MR) is 179 cm³/mol. The zero-order chi connectivity index (χ0) is 35.6. The van der Waals surface area contributed by atoms with Crippen molar-refractivity contribution in [3.8, 4) is 0 Å². The molecule has 3 aliphatic heterocycles. The number of ether oxygens (including phenoxy) is 5. The number of cyclic esters (lactones) is 1. The number of hydrogen-bond donors (Lipinski definition) is 1. The molecule has 0 aromatic carbocycles. The highest BCUT2D eigenvalue weighted by Gasteiger charge is 2.53. The average molecular weight is 675 g/mol. The number of rotatable bonds is 11. The van der Waals surface area contributed by atoms with Crippen LogP contribution in [0.15, 0.2) is 40.9 Å². The zero-order valence-electron chi connectivity index (χ0n) is 29.6. The first-order chi connectivity index (χ1) is 22.7. The SMILES string of the molecule is CCC(OC)C(C)C1OC1C(OC(=O)N1C=NCCC1)C(C)/C=C/C=C(\C)C1OC(=O)CC(=O)CCC(C)(O)C(OC(C)=O)/C=C/C1C. The van der Waals surface area contributed by atoms with Gasteiger partial charge in [-0.1, -0.05) is 52.0 Å². The molecular formula is C36H54N2O10. The highest BCUT2D eigenvalue weighted by atomic mass is 16.6. The van der Waals surface area contributed by atoms with Crippen molar-refractivity contribution < 1.29 is 48.0 Å². The van der Waals surface area contributed by atoms with Crippen LogP contribution in [0.1, 0.15) is 80.6 Å². The number of aliphatic imine (C=N–C) groups is 1. The van der Waals surface area contributed by atoms with Gasteiger partial charge in [-0.2, -0.15) is 0 Å². The maximum atomic E-state index is 13.1. The van der Waals surface area contributed by atoms with Gasteiger partial charge in [-0.25, -0.2) is 4.79 Å². The fraction of sp³-hybridized carbons (Fsp3) is 0.694. The van der Waals surface area contributed by atoms with Crippen LogP contribution in [0.5, 0.6) is 0 Å². The van der Waals surface area contributed by atoms with Crippen LogP contribution in [-0.2, 0) is 38.1 Å². The number of Topliss-reactive ketones (excluding diaryl/α,β-unsaturated/α-hetero) is 1. The number of epoxide rings is 1. The molecule has 1 saturated heterocycles. The third kappa shape index (κ3) is 11.1. The van der Waals surface area contributed by atoms with E-state index in [0.29, 0.717) is 18.7 Å². The Balaban J connectivity index is 1.83. The normalized spacial score (nSPS) is 31.9. The molecule has 0 bridgehead atoms. The maximum Gasteiger partial charge on any atom is 0.415 e. The summed E-state index contributed by atoms with van der Waals surface area (Å²) in [6.45, 7) is 13.7. The van der Waals surface area contributed by atoms with E-state index in [9.17, 15) is 24.3 Å². The number of aliphatic hydroxyl groups is 1. The van der Waals surface area contributed by atoms with Gasteiger partial charge in [0.1, 0.15) is 42.2 Å². The Morgan fingerprint density at radius 2 is 1.94 bits per heavy atom. The molecule has 48 heavy (non-hydrogen) atoms. The quantitative estimate of drug-likeness (QED) is 0.0813. The fourth-order valence-corrected chi connectivity index (χ4v) is 6.23. The van der Waals surface area contributed by atoms with Crippen molar-refractivity contribution in [3.05, 3.63) is 36.0 Å². The van der Waals surface area contributed by atoms with Crippen LogP contribution in [-0.4, -0.2) is 103 Å². The number of hydrogen-bond acceptors (Lipinski definition) is 11. The fourth-order valence-electron chi connectivity index (χ4n) is 6.23. The maximum absolute atomic E-state index is 13.1. The molecule has 0 radical (unpaired) electrons. The summed E-state index contributed by atoms with van der Waals surface area (Å²) in [6.07, 6.45) is 8.29. The van der Waals surface area contributed by atoms with Crippen molar-refractivity contribution in [2.24, 2.45) is 22.7 Å². The van der Waals surface area contributed by atoms with Crippen LogP contribution in [0.25, 0.3) is 0 Å². The lowest BCUT2D eigenvalue weighted by atomic mass is 9.89. The highest BCUT2D eigenvalue weighted by Crippen LogP contribution is 2.39. The van der Waals surface area contributed by atoms with Crippen molar-refractivity contribution in [3.63, 3.8) is 0 Å². The molecule has 3 rings (SSSR count). The summed E-state index contributed by atoms with van der Waals surface area (Å²) in [6, 6.07) is 0. The zero-order valence-corrected chi connectivity index (χ0v) is 29.6. The molecular weight excluding hydrogens is 620 g/mol. The lowest BCUT2D eigenvalue weighted by Gasteiger charge is -2.31. The number of ketones is 1. The van der Waals surface area contributed by atoms with Crippen molar-refractivity contribution in [1.29, 1.82) is 0 Å². The number of carbonyl (C=O) groups excluding carboxylic acids is 4. The van der Waals surface area contributed by atoms with E-state index in [-0.39, 0.29) is 48.8 Å².